The molecule has 0 aromatic heterocycles. The van der Waals surface area contributed by atoms with Crippen LogP contribution in [0.15, 0.2) is 24.3 Å². The van der Waals surface area contributed by atoms with Gasteiger partial charge in [0.1, 0.15) is 5.75 Å². The molecule has 0 bridgehead atoms. The van der Waals surface area contributed by atoms with Crippen LogP contribution in [0.5, 0.6) is 5.75 Å². The topological polar surface area (TPSA) is 32.3 Å². The molecule has 1 rings (SSSR count). The highest BCUT2D eigenvalue weighted by Gasteiger charge is 2.06. The zero-order valence-electron chi connectivity index (χ0n) is 9.25. The Hall–Kier alpha value is -1.46. The van der Waals surface area contributed by atoms with E-state index in [4.69, 9.17) is 0 Å². The van der Waals surface area contributed by atoms with Crippen molar-refractivity contribution in [3.63, 3.8) is 0 Å². The van der Waals surface area contributed by atoms with Crippen LogP contribution in [-0.4, -0.2) is 11.7 Å². The Labute approximate surface area is 91.3 Å². The van der Waals surface area contributed by atoms with Gasteiger partial charge in [-0.2, -0.15) is 0 Å². The highest BCUT2D eigenvalue weighted by atomic mass is 16.3. The van der Waals surface area contributed by atoms with Crippen molar-refractivity contribution in [1.82, 2.24) is 5.32 Å². The van der Waals surface area contributed by atoms with Crippen LogP contribution in [-0.2, 0) is 0 Å². The summed E-state index contributed by atoms with van der Waals surface area (Å²) in [5.41, 5.74) is 1.19. The molecule has 1 atom stereocenters. The Kier molecular flexibility index (Phi) is 4.73. The lowest BCUT2D eigenvalue weighted by Gasteiger charge is -2.15. The molecule has 1 aromatic rings. The van der Waals surface area contributed by atoms with Gasteiger partial charge in [-0.3, -0.25) is 5.32 Å². The van der Waals surface area contributed by atoms with Gasteiger partial charge in [0, 0.05) is 6.04 Å². The summed E-state index contributed by atoms with van der Waals surface area (Å²) in [7, 11) is 0. The third-order valence-electron chi connectivity index (χ3n) is 2.32. The monoisotopic (exact) mass is 203 g/mol. The predicted molar refractivity (Wildman–Crippen MR) is 62.6 cm³/mol. The molecule has 80 valence electrons. The van der Waals surface area contributed by atoms with Gasteiger partial charge in [0.05, 0.1) is 6.54 Å². The Bertz CT molecular complexity index is 345. The standard InChI is InChI=1S/C13H17NO/c1-3-5-10-14-13(4-2)11-6-8-12(15)9-7-11/h6-9,13-15H,4,10H2,1-2H3. The van der Waals surface area contributed by atoms with Crippen molar-refractivity contribution >= 4 is 0 Å². The zero-order valence-corrected chi connectivity index (χ0v) is 9.25. The molecule has 2 N–H and O–H groups in total. The number of benzene rings is 1. The summed E-state index contributed by atoms with van der Waals surface area (Å²) in [5.74, 6) is 6.15. The summed E-state index contributed by atoms with van der Waals surface area (Å²) in [5, 5.41) is 12.5. The second-order valence-corrected chi connectivity index (χ2v) is 3.36. The molecule has 15 heavy (non-hydrogen) atoms. The van der Waals surface area contributed by atoms with E-state index in [0.29, 0.717) is 18.3 Å². The number of hydrogen-bond donors (Lipinski definition) is 2. The molecule has 0 radical (unpaired) electrons. The fourth-order valence-corrected chi connectivity index (χ4v) is 1.47. The highest BCUT2D eigenvalue weighted by Crippen LogP contribution is 2.18. The molecular formula is C13H17NO. The van der Waals surface area contributed by atoms with Crippen molar-refractivity contribution in [2.75, 3.05) is 6.54 Å². The summed E-state index contributed by atoms with van der Waals surface area (Å²) < 4.78 is 0. The first-order chi connectivity index (χ1) is 7.27. The minimum atomic E-state index is 0.307. The molecule has 0 aliphatic carbocycles. The van der Waals surface area contributed by atoms with E-state index < -0.39 is 0 Å². The van der Waals surface area contributed by atoms with E-state index in [9.17, 15) is 5.11 Å². The number of hydrogen-bond acceptors (Lipinski definition) is 2. The fraction of sp³-hybridized carbons (Fsp3) is 0.385. The minimum Gasteiger partial charge on any atom is -0.508 e. The van der Waals surface area contributed by atoms with E-state index in [-0.39, 0.29) is 0 Å². The largest absolute Gasteiger partial charge is 0.508 e. The number of rotatable bonds is 4. The smallest absolute Gasteiger partial charge is 0.115 e. The maximum Gasteiger partial charge on any atom is 0.115 e. The van der Waals surface area contributed by atoms with Crippen LogP contribution >= 0.6 is 0 Å². The molecule has 0 spiro atoms. The van der Waals surface area contributed by atoms with Gasteiger partial charge in [0.15, 0.2) is 0 Å². The van der Waals surface area contributed by atoms with Crippen molar-refractivity contribution in [2.24, 2.45) is 0 Å². The molecule has 0 aliphatic heterocycles. The minimum absolute atomic E-state index is 0.307. The van der Waals surface area contributed by atoms with Gasteiger partial charge < -0.3 is 5.11 Å². The number of phenols is 1. The maximum absolute atomic E-state index is 9.18. The summed E-state index contributed by atoms with van der Waals surface area (Å²) in [6.07, 6.45) is 1.01. The molecule has 1 unspecified atom stereocenters. The lowest BCUT2D eigenvalue weighted by Crippen LogP contribution is -2.20. The Morgan fingerprint density at radius 3 is 2.53 bits per heavy atom. The average Bonchev–Trinajstić information content (AvgIpc) is 2.26. The second-order valence-electron chi connectivity index (χ2n) is 3.36. The summed E-state index contributed by atoms with van der Waals surface area (Å²) in [6, 6.07) is 7.62. The number of aromatic hydroxyl groups is 1. The van der Waals surface area contributed by atoms with Crippen molar-refractivity contribution < 1.29 is 5.11 Å². The molecule has 0 saturated heterocycles. The van der Waals surface area contributed by atoms with Crippen LogP contribution in [0.2, 0.25) is 0 Å². The normalized spacial score (nSPS) is 11.6. The molecule has 0 amide bonds. The van der Waals surface area contributed by atoms with E-state index >= 15 is 0 Å². The van der Waals surface area contributed by atoms with Gasteiger partial charge in [-0.25, -0.2) is 0 Å². The van der Waals surface area contributed by atoms with E-state index in [0.717, 1.165) is 6.42 Å². The quantitative estimate of drug-likeness (QED) is 0.737. The molecule has 0 saturated carbocycles. The number of nitrogens with one attached hydrogen (secondary N) is 1. The molecule has 2 heteroatoms. The SMILES string of the molecule is CC#CCNC(CC)c1ccc(O)cc1. The summed E-state index contributed by atoms with van der Waals surface area (Å²) in [4.78, 5) is 0. The molecule has 2 nitrogen and oxygen atoms in total. The fourth-order valence-electron chi connectivity index (χ4n) is 1.47. The van der Waals surface area contributed by atoms with E-state index in [1.807, 2.05) is 19.1 Å². The van der Waals surface area contributed by atoms with Crippen LogP contribution in [0.25, 0.3) is 0 Å². The van der Waals surface area contributed by atoms with Crippen molar-refractivity contribution in [2.45, 2.75) is 26.3 Å². The Balaban J connectivity index is 2.64. The van der Waals surface area contributed by atoms with Crippen LogP contribution in [0, 0.1) is 11.8 Å². The van der Waals surface area contributed by atoms with Gasteiger partial charge >= 0.3 is 0 Å². The molecule has 0 fully saturated rings. The van der Waals surface area contributed by atoms with Crippen LogP contribution < -0.4 is 5.32 Å². The van der Waals surface area contributed by atoms with Gasteiger partial charge in [0.2, 0.25) is 0 Å². The van der Waals surface area contributed by atoms with Crippen molar-refractivity contribution in [1.29, 1.82) is 0 Å². The summed E-state index contributed by atoms with van der Waals surface area (Å²) >= 11 is 0. The third-order valence-corrected chi connectivity index (χ3v) is 2.32. The highest BCUT2D eigenvalue weighted by molar-refractivity contribution is 5.28. The van der Waals surface area contributed by atoms with Gasteiger partial charge in [-0.1, -0.05) is 25.0 Å². The Morgan fingerprint density at radius 1 is 1.33 bits per heavy atom. The number of phenolic OH excluding ortho intramolecular Hbond substituents is 1. The summed E-state index contributed by atoms with van der Waals surface area (Å²) in [6.45, 7) is 4.67. The predicted octanol–water partition coefficient (Wildman–Crippen LogP) is 2.46. The first-order valence-corrected chi connectivity index (χ1v) is 5.19. The van der Waals surface area contributed by atoms with E-state index in [2.05, 4.69) is 24.1 Å². The molecule has 1 aromatic carbocycles. The molecule has 0 aliphatic rings. The first-order valence-electron chi connectivity index (χ1n) is 5.19. The van der Waals surface area contributed by atoms with E-state index in [1.54, 1.807) is 12.1 Å². The van der Waals surface area contributed by atoms with Crippen LogP contribution in [0.1, 0.15) is 31.9 Å². The lowest BCUT2D eigenvalue weighted by atomic mass is 10.0. The molecule has 0 heterocycles. The van der Waals surface area contributed by atoms with Crippen molar-refractivity contribution in [3.05, 3.63) is 29.8 Å². The lowest BCUT2D eigenvalue weighted by molar-refractivity contribution is 0.474. The Morgan fingerprint density at radius 2 is 2.00 bits per heavy atom. The van der Waals surface area contributed by atoms with Crippen molar-refractivity contribution in [3.8, 4) is 17.6 Å². The van der Waals surface area contributed by atoms with E-state index in [1.165, 1.54) is 5.56 Å². The first kappa shape index (κ1) is 11.6. The molecular weight excluding hydrogens is 186 g/mol. The van der Waals surface area contributed by atoms with Gasteiger partial charge in [-0.15, -0.1) is 5.92 Å². The maximum atomic E-state index is 9.18. The third kappa shape index (κ3) is 3.65. The van der Waals surface area contributed by atoms with Gasteiger partial charge in [0.25, 0.3) is 0 Å². The van der Waals surface area contributed by atoms with Crippen LogP contribution in [0.3, 0.4) is 0 Å². The second kappa shape index (κ2) is 6.10. The van der Waals surface area contributed by atoms with Gasteiger partial charge in [-0.05, 0) is 31.0 Å². The average molecular weight is 203 g/mol. The zero-order chi connectivity index (χ0) is 11.1. The van der Waals surface area contributed by atoms with Crippen LogP contribution in [0.4, 0.5) is 0 Å².